The molecule has 0 aliphatic carbocycles. The number of carbonyl (C=O) groups is 1. The molecule has 1 amide bonds. The smallest absolute Gasteiger partial charge is 0.253 e. The van der Waals surface area contributed by atoms with Crippen molar-refractivity contribution in [3.8, 4) is 11.1 Å². The van der Waals surface area contributed by atoms with Crippen molar-refractivity contribution in [1.82, 2.24) is 19.9 Å². The van der Waals surface area contributed by atoms with Crippen molar-refractivity contribution in [3.05, 3.63) is 77.2 Å². The number of pyridine rings is 1. The van der Waals surface area contributed by atoms with Crippen LogP contribution in [0.5, 0.6) is 0 Å². The lowest BCUT2D eigenvalue weighted by Crippen LogP contribution is -2.43. The fourth-order valence-electron chi connectivity index (χ4n) is 5.73. The maximum Gasteiger partial charge on any atom is 0.253 e. The summed E-state index contributed by atoms with van der Waals surface area (Å²) in [6.07, 6.45) is 6.22. The quantitative estimate of drug-likeness (QED) is 0.431. The summed E-state index contributed by atoms with van der Waals surface area (Å²) < 4.78 is 0. The van der Waals surface area contributed by atoms with Crippen molar-refractivity contribution in [3.63, 3.8) is 0 Å². The summed E-state index contributed by atoms with van der Waals surface area (Å²) in [7, 11) is 3.98. The maximum absolute atomic E-state index is 13.2. The van der Waals surface area contributed by atoms with Crippen LogP contribution in [0.4, 0.5) is 11.6 Å². The Morgan fingerprint density at radius 2 is 1.77 bits per heavy atom. The van der Waals surface area contributed by atoms with Gasteiger partial charge in [0, 0.05) is 69.0 Å². The molecule has 8 heteroatoms. The van der Waals surface area contributed by atoms with Gasteiger partial charge in [-0.15, -0.1) is 0 Å². The zero-order valence-corrected chi connectivity index (χ0v) is 22.9. The van der Waals surface area contributed by atoms with Gasteiger partial charge in [0.2, 0.25) is 0 Å². The molecule has 2 aliphatic heterocycles. The lowest BCUT2D eigenvalue weighted by molar-refractivity contribution is 0.0714. The Hall–Kier alpha value is -4.04. The normalized spacial score (nSPS) is 15.9. The van der Waals surface area contributed by atoms with Crippen LogP contribution in [0.25, 0.3) is 22.0 Å². The number of hydrogen-bond acceptors (Lipinski definition) is 7. The average molecular weight is 522 g/mol. The van der Waals surface area contributed by atoms with Gasteiger partial charge >= 0.3 is 0 Å². The number of aryl methyl sites for hydroxylation is 1. The van der Waals surface area contributed by atoms with Crippen LogP contribution in [0.3, 0.4) is 0 Å². The van der Waals surface area contributed by atoms with E-state index in [0.29, 0.717) is 6.54 Å². The number of hydrogen-bond donors (Lipinski definition) is 1. The molecule has 1 fully saturated rings. The predicted molar refractivity (Wildman–Crippen MR) is 156 cm³/mol. The van der Waals surface area contributed by atoms with Gasteiger partial charge in [-0.3, -0.25) is 4.79 Å². The molecule has 8 nitrogen and oxygen atoms in total. The van der Waals surface area contributed by atoms with Gasteiger partial charge in [0.15, 0.2) is 0 Å². The zero-order valence-electron chi connectivity index (χ0n) is 22.9. The van der Waals surface area contributed by atoms with Crippen LogP contribution >= 0.6 is 0 Å². The molecule has 1 saturated heterocycles. The van der Waals surface area contributed by atoms with Crippen molar-refractivity contribution in [2.24, 2.45) is 5.73 Å². The van der Waals surface area contributed by atoms with Crippen LogP contribution in [0.15, 0.2) is 55.0 Å². The highest BCUT2D eigenvalue weighted by molar-refractivity contribution is 5.96. The van der Waals surface area contributed by atoms with Gasteiger partial charge in [0.1, 0.15) is 18.0 Å². The molecule has 0 unspecified atom stereocenters. The standard InChI is InChI=1S/C31H35N7O/c1-20-14-24(23-6-7-28(33-17-23)36(2)3)16-27-29(20)34-19-35-30(27)38-11-8-21-4-5-22(15-25(21)18-38)31(39)37-12-9-26(32)10-13-37/h4-7,14-17,19,26H,8-13,18,32H2,1-3H3. The third kappa shape index (κ3) is 4.92. The summed E-state index contributed by atoms with van der Waals surface area (Å²) in [4.78, 5) is 33.5. The molecule has 2 aliphatic rings. The van der Waals surface area contributed by atoms with E-state index in [1.54, 1.807) is 6.33 Å². The Morgan fingerprint density at radius 1 is 0.949 bits per heavy atom. The molecule has 4 aromatic rings. The summed E-state index contributed by atoms with van der Waals surface area (Å²) in [5, 5.41) is 1.03. The van der Waals surface area contributed by atoms with E-state index in [1.807, 2.05) is 42.2 Å². The SMILES string of the molecule is Cc1cc(-c2ccc(N(C)C)nc2)cc2c(N3CCc4ccc(C(=O)N5CCC(N)CC5)cc4C3)ncnc12. The molecule has 2 N–H and O–H groups in total. The van der Waals surface area contributed by atoms with Gasteiger partial charge in [-0.2, -0.15) is 0 Å². The van der Waals surface area contributed by atoms with Gasteiger partial charge < -0.3 is 20.4 Å². The molecule has 2 aromatic carbocycles. The van der Waals surface area contributed by atoms with Gasteiger partial charge in [-0.1, -0.05) is 6.07 Å². The van der Waals surface area contributed by atoms with E-state index in [0.717, 1.165) is 83.7 Å². The maximum atomic E-state index is 13.2. The molecule has 6 rings (SSSR count). The van der Waals surface area contributed by atoms with Crippen LogP contribution in [0, 0.1) is 6.92 Å². The van der Waals surface area contributed by atoms with Crippen molar-refractivity contribution in [1.29, 1.82) is 0 Å². The van der Waals surface area contributed by atoms with Crippen molar-refractivity contribution >= 4 is 28.4 Å². The monoisotopic (exact) mass is 521 g/mol. The van der Waals surface area contributed by atoms with E-state index in [1.165, 1.54) is 11.1 Å². The average Bonchev–Trinajstić information content (AvgIpc) is 2.96. The number of nitrogens with two attached hydrogens (primary N) is 1. The number of rotatable bonds is 4. The molecular weight excluding hydrogens is 486 g/mol. The number of carbonyl (C=O) groups excluding carboxylic acids is 1. The van der Waals surface area contributed by atoms with Gasteiger partial charge in [-0.05, 0) is 84.8 Å². The first-order valence-electron chi connectivity index (χ1n) is 13.7. The topological polar surface area (TPSA) is 91.5 Å². The first-order valence-corrected chi connectivity index (χ1v) is 13.7. The van der Waals surface area contributed by atoms with Crippen LogP contribution < -0.4 is 15.5 Å². The minimum absolute atomic E-state index is 0.100. The van der Waals surface area contributed by atoms with Crippen LogP contribution in [0.2, 0.25) is 0 Å². The second kappa shape index (κ2) is 10.3. The predicted octanol–water partition coefficient (Wildman–Crippen LogP) is 4.19. The molecule has 4 heterocycles. The number of likely N-dealkylation sites (tertiary alicyclic amines) is 1. The summed E-state index contributed by atoms with van der Waals surface area (Å²) >= 11 is 0. The molecule has 0 saturated carbocycles. The zero-order chi connectivity index (χ0) is 27.1. The molecule has 0 spiro atoms. The number of anilines is 2. The van der Waals surface area contributed by atoms with Crippen LogP contribution in [-0.2, 0) is 13.0 Å². The number of fused-ring (bicyclic) bond motifs is 2. The van der Waals surface area contributed by atoms with Crippen LogP contribution in [-0.4, -0.2) is 65.5 Å². The van der Waals surface area contributed by atoms with Crippen molar-refractivity contribution in [2.75, 3.05) is 43.5 Å². The van der Waals surface area contributed by atoms with E-state index in [-0.39, 0.29) is 11.9 Å². The molecule has 0 atom stereocenters. The lowest BCUT2D eigenvalue weighted by atomic mass is 9.95. The Balaban J connectivity index is 1.31. The van der Waals surface area contributed by atoms with E-state index < -0.39 is 0 Å². The Bertz CT molecular complexity index is 1520. The third-order valence-electron chi connectivity index (χ3n) is 8.04. The van der Waals surface area contributed by atoms with Crippen LogP contribution in [0.1, 0.15) is 39.9 Å². The fourth-order valence-corrected chi connectivity index (χ4v) is 5.73. The number of amides is 1. The highest BCUT2D eigenvalue weighted by atomic mass is 16.2. The minimum atomic E-state index is 0.100. The highest BCUT2D eigenvalue weighted by Gasteiger charge is 2.25. The Morgan fingerprint density at radius 3 is 2.51 bits per heavy atom. The van der Waals surface area contributed by atoms with Gasteiger partial charge in [0.05, 0.1) is 5.52 Å². The van der Waals surface area contributed by atoms with Crippen molar-refractivity contribution in [2.45, 2.75) is 38.8 Å². The van der Waals surface area contributed by atoms with E-state index in [2.05, 4.69) is 52.1 Å². The molecular formula is C31H35N7O. The van der Waals surface area contributed by atoms with Gasteiger partial charge in [-0.25, -0.2) is 15.0 Å². The largest absolute Gasteiger partial charge is 0.363 e. The van der Waals surface area contributed by atoms with E-state index in [9.17, 15) is 4.79 Å². The van der Waals surface area contributed by atoms with Crippen molar-refractivity contribution < 1.29 is 4.79 Å². The number of benzene rings is 2. The third-order valence-corrected chi connectivity index (χ3v) is 8.04. The Kier molecular flexibility index (Phi) is 6.64. The summed E-state index contributed by atoms with van der Waals surface area (Å²) in [6.45, 7) is 5.12. The molecule has 39 heavy (non-hydrogen) atoms. The highest BCUT2D eigenvalue weighted by Crippen LogP contribution is 2.34. The summed E-state index contributed by atoms with van der Waals surface area (Å²) in [5.74, 6) is 1.95. The number of piperidine rings is 1. The summed E-state index contributed by atoms with van der Waals surface area (Å²) in [6, 6.07) is 14.9. The number of aromatic nitrogens is 3. The first kappa shape index (κ1) is 25.2. The lowest BCUT2D eigenvalue weighted by Gasteiger charge is -2.32. The second-order valence-electron chi connectivity index (χ2n) is 11.0. The van der Waals surface area contributed by atoms with E-state index in [4.69, 9.17) is 10.7 Å². The second-order valence-corrected chi connectivity index (χ2v) is 11.0. The number of nitrogens with zero attached hydrogens (tertiary/aromatic N) is 6. The fraction of sp³-hybridized carbons (Fsp3) is 0.355. The molecule has 200 valence electrons. The summed E-state index contributed by atoms with van der Waals surface area (Å²) in [5.41, 5.74) is 13.5. The molecule has 0 bridgehead atoms. The molecule has 0 radical (unpaired) electrons. The first-order chi connectivity index (χ1) is 18.9. The molecule has 2 aromatic heterocycles. The Labute approximate surface area is 229 Å². The van der Waals surface area contributed by atoms with E-state index >= 15 is 0 Å². The van der Waals surface area contributed by atoms with Gasteiger partial charge in [0.25, 0.3) is 5.91 Å². The minimum Gasteiger partial charge on any atom is -0.363 e.